The van der Waals surface area contributed by atoms with Crippen LogP contribution in [0.1, 0.15) is 23.7 Å². The van der Waals surface area contributed by atoms with Gasteiger partial charge in [0, 0.05) is 56.1 Å². The van der Waals surface area contributed by atoms with Crippen molar-refractivity contribution in [1.82, 2.24) is 20.1 Å². The Morgan fingerprint density at radius 3 is 2.61 bits per heavy atom. The molecule has 0 N–H and O–H groups in total. The third-order valence-electron chi connectivity index (χ3n) is 6.00. The molecule has 2 aromatic heterocycles. The Kier molecular flexibility index (Phi) is 5.72. The number of rotatable bonds is 7. The van der Waals surface area contributed by atoms with E-state index >= 15 is 0 Å². The lowest BCUT2D eigenvalue weighted by Gasteiger charge is -2.60. The quantitative estimate of drug-likeness (QED) is 0.407. The largest absolute Gasteiger partial charge is 0.396 e. The van der Waals surface area contributed by atoms with Crippen LogP contribution in [-0.4, -0.2) is 58.6 Å². The monoisotopic (exact) mass is 450 g/mol. The van der Waals surface area contributed by atoms with Gasteiger partial charge in [-0.3, -0.25) is 9.88 Å². The number of likely N-dealkylation sites (tertiary alicyclic amines) is 1. The van der Waals surface area contributed by atoms with Crippen LogP contribution in [0.25, 0.3) is 0 Å². The van der Waals surface area contributed by atoms with Crippen LogP contribution in [-0.2, 0) is 11.4 Å². The van der Waals surface area contributed by atoms with E-state index in [0.29, 0.717) is 29.0 Å². The second kappa shape index (κ2) is 8.82. The van der Waals surface area contributed by atoms with E-state index in [1.165, 1.54) is 6.07 Å². The molecule has 0 aliphatic carbocycles. The Hall–Kier alpha value is -3.46. The first-order chi connectivity index (χ1) is 16.0. The van der Waals surface area contributed by atoms with Gasteiger partial charge in [0.2, 0.25) is 0 Å². The lowest BCUT2D eigenvalue weighted by molar-refractivity contribution is -0.0277. The summed E-state index contributed by atoms with van der Waals surface area (Å²) in [6.45, 7) is 7.06. The molecule has 0 radical (unpaired) electrons. The highest BCUT2D eigenvalue weighted by atomic mass is 19.2. The maximum absolute atomic E-state index is 13.7. The van der Waals surface area contributed by atoms with Crippen molar-refractivity contribution in [1.29, 1.82) is 0 Å². The van der Waals surface area contributed by atoms with Gasteiger partial charge in [-0.1, -0.05) is 11.2 Å². The molecule has 0 unspecified atom stereocenters. The van der Waals surface area contributed by atoms with E-state index in [0.717, 1.165) is 56.2 Å². The number of hydrogen-bond acceptors (Lipinski definition) is 7. The molecule has 5 rings (SSSR count). The zero-order valence-corrected chi connectivity index (χ0v) is 18.3. The summed E-state index contributed by atoms with van der Waals surface area (Å²) in [4.78, 5) is 14.4. The summed E-state index contributed by atoms with van der Waals surface area (Å²) in [7, 11) is 0. The van der Waals surface area contributed by atoms with Crippen LogP contribution in [0.15, 0.2) is 60.0 Å². The van der Waals surface area contributed by atoms with Crippen LogP contribution < -0.4 is 4.90 Å². The summed E-state index contributed by atoms with van der Waals surface area (Å²) >= 11 is 0. The van der Waals surface area contributed by atoms with Crippen LogP contribution in [0.4, 0.5) is 14.6 Å². The van der Waals surface area contributed by atoms with E-state index in [-0.39, 0.29) is 0 Å². The van der Waals surface area contributed by atoms with Crippen molar-refractivity contribution in [2.75, 3.05) is 37.7 Å². The van der Waals surface area contributed by atoms with Gasteiger partial charge < -0.3 is 9.74 Å². The van der Waals surface area contributed by atoms with Crippen molar-refractivity contribution in [3.8, 4) is 0 Å². The maximum atomic E-state index is 13.7. The molecule has 9 heteroatoms. The second-order valence-corrected chi connectivity index (χ2v) is 8.62. The molecule has 2 fully saturated rings. The molecule has 7 nitrogen and oxygen atoms in total. The number of benzene rings is 1. The predicted octanol–water partition coefficient (Wildman–Crippen LogP) is 3.26. The molecule has 2 aliphatic heterocycles. The van der Waals surface area contributed by atoms with Crippen molar-refractivity contribution in [3.63, 3.8) is 0 Å². The van der Waals surface area contributed by atoms with Crippen molar-refractivity contribution >= 4 is 11.5 Å². The third kappa shape index (κ3) is 4.41. The van der Waals surface area contributed by atoms with Gasteiger partial charge in [0.15, 0.2) is 17.5 Å². The zero-order valence-electron chi connectivity index (χ0n) is 18.3. The van der Waals surface area contributed by atoms with E-state index in [2.05, 4.69) is 30.1 Å². The van der Waals surface area contributed by atoms with Gasteiger partial charge >= 0.3 is 0 Å². The highest BCUT2D eigenvalue weighted by molar-refractivity contribution is 6.11. The van der Waals surface area contributed by atoms with E-state index in [4.69, 9.17) is 4.84 Å². The molecule has 33 heavy (non-hydrogen) atoms. The number of halogens is 2. The van der Waals surface area contributed by atoms with Gasteiger partial charge in [-0.15, -0.1) is 5.10 Å². The summed E-state index contributed by atoms with van der Waals surface area (Å²) in [5.74, 6) is -0.905. The number of nitrogens with zero attached hydrogens (tertiary/aromatic N) is 6. The normalized spacial score (nSPS) is 17.5. The van der Waals surface area contributed by atoms with E-state index in [1.807, 2.05) is 24.3 Å². The van der Waals surface area contributed by atoms with Gasteiger partial charge in [0.1, 0.15) is 12.3 Å². The number of hydrogen-bond donors (Lipinski definition) is 0. The first kappa shape index (κ1) is 21.4. The van der Waals surface area contributed by atoms with Crippen LogP contribution in [0.5, 0.6) is 0 Å². The van der Waals surface area contributed by atoms with Crippen molar-refractivity contribution < 1.29 is 13.6 Å². The summed E-state index contributed by atoms with van der Waals surface area (Å²) < 4.78 is 27.1. The summed E-state index contributed by atoms with van der Waals surface area (Å²) in [5.41, 5.74) is 2.74. The standard InChI is InChI=1S/C24H24F2N6O/c1-2-33-30-23(18-6-7-19(25)20(26)10-18)21-8-5-17(11-27-21)12-31-13-24(14-31)15-32(16-24)22-4-3-9-28-29-22/h3-11H,2,12-16H2,1H3. The lowest BCUT2D eigenvalue weighted by atomic mass is 9.72. The van der Waals surface area contributed by atoms with Gasteiger partial charge in [-0.05, 0) is 48.9 Å². The lowest BCUT2D eigenvalue weighted by Crippen LogP contribution is -2.72. The summed E-state index contributed by atoms with van der Waals surface area (Å²) in [6.07, 6.45) is 3.49. The number of anilines is 1. The first-order valence-corrected chi connectivity index (χ1v) is 10.9. The maximum Gasteiger partial charge on any atom is 0.159 e. The topological polar surface area (TPSA) is 66.7 Å². The molecule has 2 aliphatic rings. The fraction of sp³-hybridized carbons (Fsp3) is 0.333. The molecular weight excluding hydrogens is 426 g/mol. The smallest absolute Gasteiger partial charge is 0.159 e. The second-order valence-electron chi connectivity index (χ2n) is 8.62. The highest BCUT2D eigenvalue weighted by Crippen LogP contribution is 2.41. The van der Waals surface area contributed by atoms with Gasteiger partial charge in [-0.25, -0.2) is 8.78 Å². The Morgan fingerprint density at radius 2 is 1.94 bits per heavy atom. The van der Waals surface area contributed by atoms with Gasteiger partial charge in [-0.2, -0.15) is 5.10 Å². The van der Waals surface area contributed by atoms with Crippen LogP contribution in [0, 0.1) is 17.0 Å². The van der Waals surface area contributed by atoms with E-state index in [1.54, 1.807) is 19.3 Å². The predicted molar refractivity (Wildman–Crippen MR) is 120 cm³/mol. The molecule has 3 aromatic rings. The molecule has 0 saturated carbocycles. The fourth-order valence-corrected chi connectivity index (χ4v) is 4.54. The number of aromatic nitrogens is 3. The Balaban J connectivity index is 1.20. The Bertz CT molecular complexity index is 1140. The molecule has 4 heterocycles. The van der Waals surface area contributed by atoms with Crippen molar-refractivity contribution in [2.45, 2.75) is 13.5 Å². The van der Waals surface area contributed by atoms with Crippen LogP contribution in [0.3, 0.4) is 0 Å². The molecule has 0 atom stereocenters. The third-order valence-corrected chi connectivity index (χ3v) is 6.00. The highest BCUT2D eigenvalue weighted by Gasteiger charge is 2.51. The van der Waals surface area contributed by atoms with Crippen molar-refractivity contribution in [2.24, 2.45) is 10.6 Å². The first-order valence-electron chi connectivity index (χ1n) is 10.9. The SMILES string of the molecule is CCON=C(c1ccc(F)c(F)c1)c1ccc(CN2CC3(C2)CN(c2cccnn2)C3)cn1. The van der Waals surface area contributed by atoms with Gasteiger partial charge in [0.25, 0.3) is 0 Å². The fourth-order valence-electron chi connectivity index (χ4n) is 4.54. The average molecular weight is 450 g/mol. The minimum absolute atomic E-state index is 0.342. The van der Waals surface area contributed by atoms with Gasteiger partial charge in [0.05, 0.1) is 5.69 Å². The number of oxime groups is 1. The van der Waals surface area contributed by atoms with E-state index < -0.39 is 11.6 Å². The minimum atomic E-state index is -0.936. The van der Waals surface area contributed by atoms with Crippen LogP contribution in [0.2, 0.25) is 0 Å². The van der Waals surface area contributed by atoms with Crippen molar-refractivity contribution in [3.05, 3.63) is 83.3 Å². The molecule has 0 bridgehead atoms. The molecule has 0 amide bonds. The molecule has 1 aromatic carbocycles. The van der Waals surface area contributed by atoms with E-state index in [9.17, 15) is 8.78 Å². The Labute approximate surface area is 190 Å². The molecule has 2 saturated heterocycles. The molecule has 1 spiro atoms. The Morgan fingerprint density at radius 1 is 1.09 bits per heavy atom. The molecule has 170 valence electrons. The average Bonchev–Trinajstić information content (AvgIpc) is 2.78. The summed E-state index contributed by atoms with van der Waals surface area (Å²) in [6, 6.07) is 11.4. The number of pyridine rings is 1. The minimum Gasteiger partial charge on any atom is -0.396 e. The molecular formula is C24H24F2N6O. The van der Waals surface area contributed by atoms with Crippen LogP contribution >= 0.6 is 0 Å². The summed E-state index contributed by atoms with van der Waals surface area (Å²) in [5, 5.41) is 12.2. The zero-order chi connectivity index (χ0) is 22.8.